The van der Waals surface area contributed by atoms with Gasteiger partial charge in [0.2, 0.25) is 5.91 Å². The molecule has 5 nitrogen and oxygen atoms in total. The minimum Gasteiger partial charge on any atom is -0.458 e. The fourth-order valence-electron chi connectivity index (χ4n) is 2.61. The van der Waals surface area contributed by atoms with Crippen LogP contribution in [0.2, 0.25) is 0 Å². The van der Waals surface area contributed by atoms with Crippen molar-refractivity contribution >= 4 is 11.9 Å². The summed E-state index contributed by atoms with van der Waals surface area (Å²) in [5.41, 5.74) is -0.509. The number of carbonyl (C=O) groups is 2. The first-order chi connectivity index (χ1) is 8.88. The molecule has 108 valence electrons. The summed E-state index contributed by atoms with van der Waals surface area (Å²) < 4.78 is 10.7. The van der Waals surface area contributed by atoms with Gasteiger partial charge in [-0.15, -0.1) is 0 Å². The van der Waals surface area contributed by atoms with Crippen LogP contribution >= 0.6 is 0 Å². The van der Waals surface area contributed by atoms with E-state index < -0.39 is 11.6 Å². The van der Waals surface area contributed by atoms with E-state index in [0.717, 1.165) is 12.8 Å². The van der Waals surface area contributed by atoms with E-state index in [4.69, 9.17) is 9.47 Å². The molecular weight excluding hydrogens is 246 g/mol. The van der Waals surface area contributed by atoms with Crippen molar-refractivity contribution in [3.8, 4) is 0 Å². The lowest BCUT2D eigenvalue weighted by Gasteiger charge is -2.28. The van der Waals surface area contributed by atoms with E-state index in [1.165, 1.54) is 0 Å². The Morgan fingerprint density at radius 3 is 2.58 bits per heavy atom. The number of nitrogens with zero attached hydrogens (tertiary/aromatic N) is 1. The molecule has 0 bridgehead atoms. The molecule has 0 aromatic rings. The highest BCUT2D eigenvalue weighted by molar-refractivity contribution is 5.86. The number of hydrogen-bond acceptors (Lipinski definition) is 4. The van der Waals surface area contributed by atoms with Gasteiger partial charge >= 0.3 is 5.97 Å². The van der Waals surface area contributed by atoms with E-state index in [1.54, 1.807) is 4.90 Å². The minimum absolute atomic E-state index is 0.0471. The maximum absolute atomic E-state index is 12.4. The number of rotatable bonds is 2. The quantitative estimate of drug-likeness (QED) is 0.710. The summed E-state index contributed by atoms with van der Waals surface area (Å²) in [5.74, 6) is -0.314. The predicted octanol–water partition coefficient (Wildman–Crippen LogP) is 1.36. The zero-order chi connectivity index (χ0) is 14.0. The van der Waals surface area contributed by atoms with Crippen molar-refractivity contribution in [1.29, 1.82) is 0 Å². The van der Waals surface area contributed by atoms with Crippen molar-refractivity contribution < 1.29 is 19.1 Å². The molecule has 0 radical (unpaired) electrons. The van der Waals surface area contributed by atoms with Crippen LogP contribution in [0.15, 0.2) is 0 Å². The van der Waals surface area contributed by atoms with Gasteiger partial charge in [0.1, 0.15) is 11.6 Å². The number of carbonyl (C=O) groups excluding carboxylic acids is 2. The van der Waals surface area contributed by atoms with Gasteiger partial charge in [0.25, 0.3) is 0 Å². The summed E-state index contributed by atoms with van der Waals surface area (Å²) in [6.45, 7) is 7.31. The van der Waals surface area contributed by atoms with Crippen LogP contribution < -0.4 is 0 Å². The number of hydrogen-bond donors (Lipinski definition) is 0. The standard InChI is InChI=1S/C14H23NO4/c1-14(2,3)19-13(17)11-5-4-7-15(11)12(16)10-6-8-18-9-10/h10-11H,4-9H2,1-3H3/t10?,11-/m1/s1. The zero-order valence-corrected chi connectivity index (χ0v) is 12.0. The number of amides is 1. The zero-order valence-electron chi connectivity index (χ0n) is 12.0. The molecule has 1 unspecified atom stereocenters. The molecule has 2 fully saturated rings. The summed E-state index contributed by atoms with van der Waals surface area (Å²) in [7, 11) is 0. The molecule has 0 N–H and O–H groups in total. The Balaban J connectivity index is 2.00. The third kappa shape index (κ3) is 3.47. The summed E-state index contributed by atoms with van der Waals surface area (Å²) in [5, 5.41) is 0. The van der Waals surface area contributed by atoms with Crippen molar-refractivity contribution in [2.24, 2.45) is 5.92 Å². The van der Waals surface area contributed by atoms with Gasteiger partial charge in [-0.3, -0.25) is 4.79 Å². The largest absolute Gasteiger partial charge is 0.458 e. The van der Waals surface area contributed by atoms with Crippen LogP contribution in [-0.2, 0) is 19.1 Å². The van der Waals surface area contributed by atoms with Crippen molar-refractivity contribution in [3.63, 3.8) is 0 Å². The molecule has 0 spiro atoms. The average Bonchev–Trinajstić information content (AvgIpc) is 2.97. The van der Waals surface area contributed by atoms with E-state index in [0.29, 0.717) is 26.2 Å². The smallest absolute Gasteiger partial charge is 0.329 e. The lowest BCUT2D eigenvalue weighted by Crippen LogP contribution is -2.46. The van der Waals surface area contributed by atoms with Crippen LogP contribution in [0.4, 0.5) is 0 Å². The monoisotopic (exact) mass is 269 g/mol. The van der Waals surface area contributed by atoms with Gasteiger partial charge < -0.3 is 14.4 Å². The first-order valence-electron chi connectivity index (χ1n) is 6.99. The molecule has 0 aromatic heterocycles. The van der Waals surface area contributed by atoms with Crippen LogP contribution in [0.1, 0.15) is 40.0 Å². The Labute approximate surface area is 114 Å². The number of likely N-dealkylation sites (tertiary alicyclic amines) is 1. The first kappa shape index (κ1) is 14.3. The van der Waals surface area contributed by atoms with E-state index >= 15 is 0 Å². The molecule has 0 saturated carbocycles. The van der Waals surface area contributed by atoms with Crippen LogP contribution in [0.5, 0.6) is 0 Å². The third-order valence-electron chi connectivity index (χ3n) is 3.49. The van der Waals surface area contributed by atoms with Gasteiger partial charge in [0, 0.05) is 13.2 Å². The lowest BCUT2D eigenvalue weighted by atomic mass is 10.1. The minimum atomic E-state index is -0.509. The van der Waals surface area contributed by atoms with Crippen LogP contribution in [0.3, 0.4) is 0 Å². The summed E-state index contributed by atoms with van der Waals surface area (Å²) >= 11 is 0. The van der Waals surface area contributed by atoms with Gasteiger partial charge in [-0.25, -0.2) is 4.79 Å². The van der Waals surface area contributed by atoms with Crippen molar-refractivity contribution in [2.45, 2.75) is 51.7 Å². The Hall–Kier alpha value is -1.10. The van der Waals surface area contributed by atoms with Crippen molar-refractivity contribution in [3.05, 3.63) is 0 Å². The van der Waals surface area contributed by atoms with Crippen LogP contribution in [0.25, 0.3) is 0 Å². The van der Waals surface area contributed by atoms with Crippen LogP contribution in [0, 0.1) is 5.92 Å². The fourth-order valence-corrected chi connectivity index (χ4v) is 2.61. The number of esters is 1. The Morgan fingerprint density at radius 2 is 2.00 bits per heavy atom. The Bertz CT molecular complexity index is 355. The van der Waals surface area contributed by atoms with E-state index in [-0.39, 0.29) is 17.8 Å². The van der Waals surface area contributed by atoms with Gasteiger partial charge in [-0.1, -0.05) is 0 Å². The molecule has 2 rings (SSSR count). The maximum atomic E-state index is 12.4. The fraction of sp³-hybridized carbons (Fsp3) is 0.857. The first-order valence-corrected chi connectivity index (χ1v) is 6.99. The highest BCUT2D eigenvalue weighted by atomic mass is 16.6. The normalized spacial score (nSPS) is 27.6. The molecule has 1 amide bonds. The maximum Gasteiger partial charge on any atom is 0.329 e. The molecule has 2 aliphatic rings. The summed E-state index contributed by atoms with van der Waals surface area (Å²) in [6.07, 6.45) is 2.33. The Kier molecular flexibility index (Phi) is 4.13. The topological polar surface area (TPSA) is 55.8 Å². The summed E-state index contributed by atoms with van der Waals surface area (Å²) in [6, 6.07) is -0.410. The van der Waals surface area contributed by atoms with E-state index in [1.807, 2.05) is 20.8 Å². The van der Waals surface area contributed by atoms with Gasteiger partial charge in [-0.05, 0) is 40.0 Å². The second-order valence-electron chi connectivity index (χ2n) is 6.28. The second kappa shape index (κ2) is 5.49. The number of ether oxygens (including phenoxy) is 2. The molecular formula is C14H23NO4. The average molecular weight is 269 g/mol. The lowest BCUT2D eigenvalue weighted by molar-refractivity contribution is -0.164. The van der Waals surface area contributed by atoms with Crippen molar-refractivity contribution in [2.75, 3.05) is 19.8 Å². The van der Waals surface area contributed by atoms with E-state index in [2.05, 4.69) is 0 Å². The van der Waals surface area contributed by atoms with Gasteiger partial charge in [0.15, 0.2) is 0 Å². The third-order valence-corrected chi connectivity index (χ3v) is 3.49. The highest BCUT2D eigenvalue weighted by Gasteiger charge is 2.39. The molecule has 0 aliphatic carbocycles. The van der Waals surface area contributed by atoms with Crippen LogP contribution in [-0.4, -0.2) is 48.2 Å². The molecule has 2 atom stereocenters. The molecule has 2 saturated heterocycles. The molecule has 0 aromatic carbocycles. The van der Waals surface area contributed by atoms with Gasteiger partial charge in [-0.2, -0.15) is 0 Å². The SMILES string of the molecule is CC(C)(C)OC(=O)[C@H]1CCCN1C(=O)C1CCOC1. The van der Waals surface area contributed by atoms with Gasteiger partial charge in [0.05, 0.1) is 12.5 Å². The molecule has 5 heteroatoms. The highest BCUT2D eigenvalue weighted by Crippen LogP contribution is 2.25. The van der Waals surface area contributed by atoms with E-state index in [9.17, 15) is 9.59 Å². The van der Waals surface area contributed by atoms with Crippen molar-refractivity contribution in [1.82, 2.24) is 4.90 Å². The molecule has 19 heavy (non-hydrogen) atoms. The molecule has 2 aliphatic heterocycles. The Morgan fingerprint density at radius 1 is 1.26 bits per heavy atom. The molecule has 2 heterocycles. The second-order valence-corrected chi connectivity index (χ2v) is 6.28. The predicted molar refractivity (Wildman–Crippen MR) is 69.5 cm³/mol. The summed E-state index contributed by atoms with van der Waals surface area (Å²) in [4.78, 5) is 26.2.